The van der Waals surface area contributed by atoms with Crippen LogP contribution in [0.1, 0.15) is 111 Å². The predicted octanol–water partition coefficient (Wildman–Crippen LogP) is 6.24. The average molecular weight is 741 g/mol. The summed E-state index contributed by atoms with van der Waals surface area (Å²) in [6.45, 7) is 27.0. The summed E-state index contributed by atoms with van der Waals surface area (Å²) in [5, 5.41) is 5.57. The van der Waals surface area contributed by atoms with Crippen molar-refractivity contribution in [3.63, 3.8) is 0 Å². The molecule has 246 valence electrons. The molecule has 0 saturated heterocycles. The largest absolute Gasteiger partial charge is 1.00 e. The van der Waals surface area contributed by atoms with Crippen molar-refractivity contribution < 1.29 is 49.0 Å². The topological polar surface area (TPSA) is 0 Å². The van der Waals surface area contributed by atoms with Crippen molar-refractivity contribution in [1.29, 1.82) is 0 Å². The SMILES string of the molecule is CC1=CC(C)(C)c2cc3[cH-]c4cc5c(cc4c3cc21)C(C)=CC5(C)C.CC1=[C-]C(C)C=C1C(C)(C)C.C[C](=[Zr+2])c1ccccc1.[Cl-].[Cl-]. The van der Waals surface area contributed by atoms with Gasteiger partial charge in [-0.2, -0.15) is 11.6 Å². The Balaban J connectivity index is 0.000000228. The van der Waals surface area contributed by atoms with Crippen LogP contribution in [0.2, 0.25) is 0 Å². The molecular weight excluding hydrogens is 691 g/mol. The number of fused-ring (bicyclic) bond motifs is 5. The van der Waals surface area contributed by atoms with Gasteiger partial charge in [-0.05, 0) is 36.1 Å². The van der Waals surface area contributed by atoms with Crippen LogP contribution in [-0.2, 0) is 35.1 Å². The first-order valence-corrected chi connectivity index (χ1v) is 17.7. The van der Waals surface area contributed by atoms with E-state index >= 15 is 0 Å². The van der Waals surface area contributed by atoms with Crippen LogP contribution in [0.5, 0.6) is 0 Å². The first-order chi connectivity index (χ1) is 20.9. The summed E-state index contributed by atoms with van der Waals surface area (Å²) in [5.41, 5.74) is 13.4. The Bertz CT molecular complexity index is 1840. The van der Waals surface area contributed by atoms with E-state index in [9.17, 15) is 0 Å². The Morgan fingerprint density at radius 1 is 0.766 bits per heavy atom. The zero-order valence-corrected chi connectivity index (χ0v) is 34.3. The molecule has 7 rings (SSSR count). The van der Waals surface area contributed by atoms with E-state index < -0.39 is 0 Å². The fraction of sp³-hybridized carbons (Fsp3) is 0.364. The van der Waals surface area contributed by atoms with Gasteiger partial charge in [0.25, 0.3) is 0 Å². The molecule has 4 aromatic rings. The summed E-state index contributed by atoms with van der Waals surface area (Å²) in [6.07, 6.45) is 10.5. The molecule has 0 aromatic heterocycles. The summed E-state index contributed by atoms with van der Waals surface area (Å²) in [4.78, 5) is 0. The van der Waals surface area contributed by atoms with Crippen LogP contribution in [-0.4, -0.2) is 3.21 Å². The minimum Gasteiger partial charge on any atom is -1.00 e. The first-order valence-electron chi connectivity index (χ1n) is 16.4. The van der Waals surface area contributed by atoms with Crippen molar-refractivity contribution in [3.8, 4) is 0 Å². The molecular formula is C44H50Cl2Zr-2. The third kappa shape index (κ3) is 8.01. The van der Waals surface area contributed by atoms with Gasteiger partial charge in [0, 0.05) is 10.8 Å². The van der Waals surface area contributed by atoms with Crippen molar-refractivity contribution >= 4 is 35.9 Å². The Morgan fingerprint density at radius 3 is 1.53 bits per heavy atom. The molecule has 47 heavy (non-hydrogen) atoms. The maximum Gasteiger partial charge on any atom is -1.00 e. The van der Waals surface area contributed by atoms with Gasteiger partial charge in [0.15, 0.2) is 0 Å². The maximum atomic E-state index is 3.40. The third-order valence-electron chi connectivity index (χ3n) is 9.65. The smallest absolute Gasteiger partial charge is 1.00 e. The molecule has 4 aromatic carbocycles. The molecule has 0 saturated carbocycles. The van der Waals surface area contributed by atoms with E-state index in [0.29, 0.717) is 11.3 Å². The molecule has 0 fully saturated rings. The van der Waals surface area contributed by atoms with Crippen LogP contribution in [0, 0.1) is 17.4 Å². The third-order valence-corrected chi connectivity index (χ3v) is 10.4. The van der Waals surface area contributed by atoms with Gasteiger partial charge < -0.3 is 24.8 Å². The number of allylic oxidation sites excluding steroid dienone is 8. The number of hydrogen-bond acceptors (Lipinski definition) is 0. The monoisotopic (exact) mass is 738 g/mol. The fourth-order valence-corrected chi connectivity index (χ4v) is 7.96. The zero-order valence-electron chi connectivity index (χ0n) is 30.3. The van der Waals surface area contributed by atoms with Crippen molar-refractivity contribution in [2.24, 2.45) is 11.3 Å². The Hall–Kier alpha value is -2.18. The maximum absolute atomic E-state index is 3.40. The summed E-state index contributed by atoms with van der Waals surface area (Å²) in [6, 6.07) is 22.6. The number of halogens is 2. The number of hydrogen-bond donors (Lipinski definition) is 0. The minimum absolute atomic E-state index is 0. The first kappa shape index (κ1) is 39.3. The van der Waals surface area contributed by atoms with E-state index in [4.69, 9.17) is 0 Å². The summed E-state index contributed by atoms with van der Waals surface area (Å²) in [7, 11) is 0. The zero-order chi connectivity index (χ0) is 33.1. The molecule has 0 radical (unpaired) electrons. The van der Waals surface area contributed by atoms with Crippen LogP contribution >= 0.6 is 0 Å². The van der Waals surface area contributed by atoms with Crippen molar-refractivity contribution in [2.45, 2.75) is 93.9 Å². The normalized spacial score (nSPS) is 18.2. The molecule has 0 bridgehead atoms. The molecule has 0 amide bonds. The van der Waals surface area contributed by atoms with Gasteiger partial charge >= 0.3 is 70.3 Å². The summed E-state index contributed by atoms with van der Waals surface area (Å²) in [5.74, 6) is 0.518. The van der Waals surface area contributed by atoms with Gasteiger partial charge in [-0.25, -0.2) is 5.57 Å². The van der Waals surface area contributed by atoms with Crippen LogP contribution in [0.15, 0.2) is 90.0 Å². The second-order valence-electron chi connectivity index (χ2n) is 15.6. The fourth-order valence-electron chi connectivity index (χ4n) is 7.55. The van der Waals surface area contributed by atoms with E-state index in [1.165, 1.54) is 99.1 Å². The molecule has 0 nitrogen and oxygen atoms in total. The summed E-state index contributed by atoms with van der Waals surface area (Å²) >= 11 is 1.51. The molecule has 0 N–H and O–H groups in total. The van der Waals surface area contributed by atoms with Crippen molar-refractivity contribution in [3.05, 3.63) is 124 Å². The van der Waals surface area contributed by atoms with Crippen LogP contribution in [0.3, 0.4) is 0 Å². The molecule has 0 heterocycles. The van der Waals surface area contributed by atoms with Gasteiger partial charge in [-0.3, -0.25) is 6.08 Å². The predicted molar refractivity (Wildman–Crippen MR) is 196 cm³/mol. The average Bonchev–Trinajstić information content (AvgIpc) is 3.62. The number of benzene rings is 3. The molecule has 3 aliphatic carbocycles. The van der Waals surface area contributed by atoms with E-state index in [1.807, 2.05) is 6.07 Å². The Morgan fingerprint density at radius 2 is 1.21 bits per heavy atom. The second-order valence-corrected chi connectivity index (χ2v) is 17.4. The Kier molecular flexibility index (Phi) is 12.0. The van der Waals surface area contributed by atoms with E-state index in [-0.39, 0.29) is 35.6 Å². The van der Waals surface area contributed by atoms with Crippen LogP contribution in [0.4, 0.5) is 0 Å². The van der Waals surface area contributed by atoms with E-state index in [2.05, 4.69) is 162 Å². The molecule has 0 aliphatic heterocycles. The van der Waals surface area contributed by atoms with Gasteiger partial charge in [-0.1, -0.05) is 109 Å². The quantitative estimate of drug-likeness (QED) is 0.203. The van der Waals surface area contributed by atoms with Gasteiger partial charge in [0.1, 0.15) is 0 Å². The minimum atomic E-state index is 0. The summed E-state index contributed by atoms with van der Waals surface area (Å²) < 4.78 is 1.46. The number of rotatable bonds is 1. The van der Waals surface area contributed by atoms with Gasteiger partial charge in [0.2, 0.25) is 0 Å². The second kappa shape index (κ2) is 14.4. The van der Waals surface area contributed by atoms with Gasteiger partial charge in [0.05, 0.1) is 0 Å². The molecule has 0 spiro atoms. The molecule has 3 aliphatic rings. The Labute approximate surface area is 312 Å². The van der Waals surface area contributed by atoms with Gasteiger partial charge in [-0.15, -0.1) is 39.7 Å². The standard InChI is InChI=1S/C25H25.C11H17.C8H8.2ClH.Zr/c1-14-12-24(3,4)22-8-16-7-17-9-23-19(15(2)13-25(23,5)6)11-21(17)20(16)10-18(14)22;1-8-6-9(2)10(7-8)11(3,4)5;1-2-8-6-4-3-5-7-8;;;/h7-13H,1-6H3;7-8H,1-5H3;3-7H,1H3;2*1H;/q2*-1;;;;+2/p-2. The van der Waals surface area contributed by atoms with E-state index in [1.54, 1.807) is 0 Å². The van der Waals surface area contributed by atoms with Crippen molar-refractivity contribution in [1.82, 2.24) is 0 Å². The van der Waals surface area contributed by atoms with Crippen molar-refractivity contribution in [2.75, 3.05) is 0 Å². The van der Waals surface area contributed by atoms with Crippen LogP contribution in [0.25, 0.3) is 32.7 Å². The molecule has 1 unspecified atom stereocenters. The van der Waals surface area contributed by atoms with Crippen LogP contribution < -0.4 is 24.8 Å². The molecule has 1 atom stereocenters. The molecule has 3 heteroatoms. The van der Waals surface area contributed by atoms with E-state index in [0.717, 1.165) is 0 Å².